The summed E-state index contributed by atoms with van der Waals surface area (Å²) in [4.78, 5) is 38.0. The third-order valence-electron chi connectivity index (χ3n) is 4.25. The molecule has 7 nitrogen and oxygen atoms in total. The van der Waals surface area contributed by atoms with E-state index in [-0.39, 0.29) is 11.8 Å². The summed E-state index contributed by atoms with van der Waals surface area (Å²) in [7, 11) is 0. The molecule has 160 valence electrons. The summed E-state index contributed by atoms with van der Waals surface area (Å²) in [5, 5.41) is 14.8. The lowest BCUT2D eigenvalue weighted by Gasteiger charge is -2.11. The van der Waals surface area contributed by atoms with Gasteiger partial charge in [-0.3, -0.25) is 9.59 Å². The molecule has 4 rings (SSSR count). The molecule has 0 atom stereocenters. The lowest BCUT2D eigenvalue weighted by molar-refractivity contribution is 0.102. The molecule has 0 radical (unpaired) electrons. The lowest BCUT2D eigenvalue weighted by atomic mass is 10.2. The zero-order valence-corrected chi connectivity index (χ0v) is 18.3. The van der Waals surface area contributed by atoms with Gasteiger partial charge in [-0.05, 0) is 59.3 Å². The van der Waals surface area contributed by atoms with E-state index in [4.69, 9.17) is 0 Å². The number of nitrogens with one attached hydrogen (secondary N) is 4. The Morgan fingerprint density at radius 2 is 0.938 bits per heavy atom. The second kappa shape index (κ2) is 9.90. The number of rotatable bonds is 6. The van der Waals surface area contributed by atoms with Gasteiger partial charge in [0, 0.05) is 22.7 Å². The largest absolute Gasteiger partial charge is 0.323 e. The molecule has 2 aromatic carbocycles. The van der Waals surface area contributed by atoms with Crippen molar-refractivity contribution in [2.45, 2.75) is 0 Å². The molecule has 0 aliphatic carbocycles. The smallest absolute Gasteiger partial charge is 0.321 e. The number of hydrogen-bond donors (Lipinski definition) is 4. The Bertz CT molecular complexity index is 1140. The van der Waals surface area contributed by atoms with E-state index in [1.807, 2.05) is 22.9 Å². The highest BCUT2D eigenvalue weighted by atomic mass is 32.1. The average molecular weight is 463 g/mol. The molecule has 0 saturated carbocycles. The molecule has 0 fully saturated rings. The summed E-state index contributed by atoms with van der Waals surface area (Å²) in [6.07, 6.45) is 0. The molecule has 0 bridgehead atoms. The molecular formula is C23H18N4O3S2. The number of carbonyl (C=O) groups excluding carboxylic acids is 3. The van der Waals surface area contributed by atoms with E-state index < -0.39 is 6.03 Å². The van der Waals surface area contributed by atoms with Gasteiger partial charge in [-0.2, -0.15) is 0 Å². The monoisotopic (exact) mass is 462 g/mol. The average Bonchev–Trinajstić information content (AvgIpc) is 3.49. The number of urea groups is 1. The Morgan fingerprint density at radius 3 is 1.31 bits per heavy atom. The zero-order chi connectivity index (χ0) is 22.3. The summed E-state index contributed by atoms with van der Waals surface area (Å²) in [6.45, 7) is 0. The van der Waals surface area contributed by atoms with E-state index in [1.165, 1.54) is 22.7 Å². The molecule has 9 heteroatoms. The predicted octanol–water partition coefficient (Wildman–Crippen LogP) is 5.96. The van der Waals surface area contributed by atoms with Crippen LogP contribution in [-0.4, -0.2) is 17.8 Å². The van der Waals surface area contributed by atoms with Crippen molar-refractivity contribution in [3.63, 3.8) is 0 Å². The van der Waals surface area contributed by atoms with Crippen LogP contribution >= 0.6 is 22.7 Å². The standard InChI is InChI=1S/C23H18N4O3S2/c28-21(19-9-3-11-31-19)24-15-5-1-7-17(13-15)26-23(30)27-18-8-2-6-16(14-18)25-22(29)20-10-4-12-32-20/h1-14H,(H,24,28)(H,25,29)(H2,26,27,30). The number of thiophene rings is 2. The maximum absolute atomic E-state index is 12.4. The van der Waals surface area contributed by atoms with Crippen LogP contribution in [0.25, 0.3) is 0 Å². The molecule has 0 spiro atoms. The first-order valence-electron chi connectivity index (χ1n) is 9.55. The molecular weight excluding hydrogens is 444 g/mol. The number of hydrogen-bond acceptors (Lipinski definition) is 5. The Hall–Kier alpha value is -3.95. The van der Waals surface area contributed by atoms with Crippen LogP contribution in [0.2, 0.25) is 0 Å². The zero-order valence-electron chi connectivity index (χ0n) is 16.6. The highest BCUT2D eigenvalue weighted by molar-refractivity contribution is 7.12. The van der Waals surface area contributed by atoms with Gasteiger partial charge in [-0.15, -0.1) is 22.7 Å². The third-order valence-corrected chi connectivity index (χ3v) is 5.98. The van der Waals surface area contributed by atoms with Crippen LogP contribution in [0.15, 0.2) is 83.6 Å². The van der Waals surface area contributed by atoms with Crippen LogP contribution in [0, 0.1) is 0 Å². The maximum atomic E-state index is 12.4. The van der Waals surface area contributed by atoms with Crippen molar-refractivity contribution in [2.24, 2.45) is 0 Å². The molecule has 2 heterocycles. The summed E-state index contributed by atoms with van der Waals surface area (Å²) in [5.74, 6) is -0.411. The molecule has 0 aliphatic rings. The Balaban J connectivity index is 1.35. The van der Waals surface area contributed by atoms with Gasteiger partial charge in [0.2, 0.25) is 0 Å². The quantitative estimate of drug-likeness (QED) is 0.285. The van der Waals surface area contributed by atoms with Crippen molar-refractivity contribution in [2.75, 3.05) is 21.3 Å². The third kappa shape index (κ3) is 5.60. The second-order valence-electron chi connectivity index (χ2n) is 6.60. The van der Waals surface area contributed by atoms with Crippen LogP contribution in [0.1, 0.15) is 19.3 Å². The van der Waals surface area contributed by atoms with Crippen LogP contribution in [0.3, 0.4) is 0 Å². The number of benzene rings is 2. The van der Waals surface area contributed by atoms with Crippen molar-refractivity contribution >= 4 is 63.3 Å². The van der Waals surface area contributed by atoms with Crippen molar-refractivity contribution in [1.82, 2.24) is 0 Å². The van der Waals surface area contributed by atoms with Crippen LogP contribution < -0.4 is 21.3 Å². The van der Waals surface area contributed by atoms with Crippen molar-refractivity contribution < 1.29 is 14.4 Å². The van der Waals surface area contributed by atoms with Gasteiger partial charge in [0.25, 0.3) is 11.8 Å². The van der Waals surface area contributed by atoms with Gasteiger partial charge in [0.15, 0.2) is 0 Å². The first-order valence-corrected chi connectivity index (χ1v) is 11.3. The lowest BCUT2D eigenvalue weighted by Crippen LogP contribution is -2.20. The first kappa shape index (κ1) is 21.3. The highest BCUT2D eigenvalue weighted by Crippen LogP contribution is 2.20. The van der Waals surface area contributed by atoms with Gasteiger partial charge in [-0.25, -0.2) is 4.79 Å². The van der Waals surface area contributed by atoms with Crippen molar-refractivity contribution in [1.29, 1.82) is 0 Å². The summed E-state index contributed by atoms with van der Waals surface area (Å²) in [6, 6.07) is 20.4. The summed E-state index contributed by atoms with van der Waals surface area (Å²) >= 11 is 2.71. The normalized spacial score (nSPS) is 10.2. The highest BCUT2D eigenvalue weighted by Gasteiger charge is 2.10. The minimum atomic E-state index is -0.450. The SMILES string of the molecule is O=C(Nc1cccc(NC(=O)c2cccs2)c1)Nc1cccc(NC(=O)c2cccs2)c1. The Morgan fingerprint density at radius 1 is 0.531 bits per heavy atom. The fourth-order valence-corrected chi connectivity index (χ4v) is 4.08. The fraction of sp³-hybridized carbons (Fsp3) is 0. The van der Waals surface area contributed by atoms with E-state index in [9.17, 15) is 14.4 Å². The van der Waals surface area contributed by atoms with Crippen molar-refractivity contribution in [3.8, 4) is 0 Å². The van der Waals surface area contributed by atoms with Crippen molar-refractivity contribution in [3.05, 3.63) is 93.3 Å². The van der Waals surface area contributed by atoms with Gasteiger partial charge in [-0.1, -0.05) is 24.3 Å². The first-order chi connectivity index (χ1) is 15.6. The van der Waals surface area contributed by atoms with E-state index in [1.54, 1.807) is 60.7 Å². The molecule has 0 aliphatic heterocycles. The molecule has 0 unspecified atom stereocenters. The Labute approximate surface area is 192 Å². The number of carbonyl (C=O) groups is 3. The fourth-order valence-electron chi connectivity index (χ4n) is 2.84. The Kier molecular flexibility index (Phi) is 6.59. The summed E-state index contributed by atoms with van der Waals surface area (Å²) < 4.78 is 0. The molecule has 4 N–H and O–H groups in total. The topological polar surface area (TPSA) is 99.3 Å². The van der Waals surface area contributed by atoms with E-state index in [2.05, 4.69) is 21.3 Å². The molecule has 2 aromatic heterocycles. The molecule has 4 aromatic rings. The van der Waals surface area contributed by atoms with Gasteiger partial charge < -0.3 is 21.3 Å². The molecule has 0 saturated heterocycles. The second-order valence-corrected chi connectivity index (χ2v) is 8.50. The number of anilines is 4. The number of amides is 4. The van der Waals surface area contributed by atoms with Crippen LogP contribution in [0.5, 0.6) is 0 Å². The molecule has 32 heavy (non-hydrogen) atoms. The van der Waals surface area contributed by atoms with E-state index in [0.29, 0.717) is 32.5 Å². The van der Waals surface area contributed by atoms with Crippen LogP contribution in [0.4, 0.5) is 27.5 Å². The molecule has 4 amide bonds. The van der Waals surface area contributed by atoms with Gasteiger partial charge in [0.1, 0.15) is 0 Å². The van der Waals surface area contributed by atoms with Gasteiger partial charge in [0.05, 0.1) is 9.75 Å². The van der Waals surface area contributed by atoms with E-state index in [0.717, 1.165) is 0 Å². The van der Waals surface area contributed by atoms with E-state index >= 15 is 0 Å². The maximum Gasteiger partial charge on any atom is 0.323 e. The minimum Gasteiger partial charge on any atom is -0.321 e. The van der Waals surface area contributed by atoms with Gasteiger partial charge >= 0.3 is 6.03 Å². The van der Waals surface area contributed by atoms with Crippen LogP contribution in [-0.2, 0) is 0 Å². The summed E-state index contributed by atoms with van der Waals surface area (Å²) in [5.41, 5.74) is 2.18. The minimum absolute atomic E-state index is 0.206. The predicted molar refractivity (Wildman–Crippen MR) is 130 cm³/mol.